The third-order valence-corrected chi connectivity index (χ3v) is 5.50. The van der Waals surface area contributed by atoms with Crippen LogP contribution < -0.4 is 4.72 Å². The van der Waals surface area contributed by atoms with Gasteiger partial charge in [-0.15, -0.1) is 0 Å². The number of benzene rings is 1. The molecule has 1 heterocycles. The summed E-state index contributed by atoms with van der Waals surface area (Å²) < 4.78 is 26.7. The smallest absolute Gasteiger partial charge is 0.241 e. The number of hydrogen-bond acceptors (Lipinski definition) is 4. The Bertz CT molecular complexity index is 552. The molecule has 1 atom stereocenters. The average Bonchev–Trinajstić information content (AvgIpc) is 2.75. The molecule has 1 unspecified atom stereocenters. The van der Waals surface area contributed by atoms with E-state index in [-0.39, 0.29) is 10.0 Å². The summed E-state index contributed by atoms with van der Waals surface area (Å²) in [5.74, 6) is 0.682. The molecule has 6 heteroatoms. The van der Waals surface area contributed by atoms with E-state index in [4.69, 9.17) is 0 Å². The van der Waals surface area contributed by atoms with E-state index >= 15 is 0 Å². The van der Waals surface area contributed by atoms with Crippen LogP contribution in [0.1, 0.15) is 25.3 Å². The molecule has 0 spiro atoms. The van der Waals surface area contributed by atoms with Crippen LogP contribution in [0.25, 0.3) is 0 Å². The molecule has 0 radical (unpaired) electrons. The maximum Gasteiger partial charge on any atom is 0.241 e. The summed E-state index contributed by atoms with van der Waals surface area (Å²) in [7, 11) is -3.59. The molecule has 1 aromatic rings. The van der Waals surface area contributed by atoms with Gasteiger partial charge in [-0.25, -0.2) is 8.42 Å². The predicted molar refractivity (Wildman–Crippen MR) is 76.6 cm³/mol. The summed E-state index contributed by atoms with van der Waals surface area (Å²) in [6.07, 6.45) is 2.53. The van der Waals surface area contributed by atoms with Crippen LogP contribution in [0.2, 0.25) is 0 Å². The normalized spacial score (nSPS) is 19.8. The SMILES string of the molecule is CCCc1ccc(S(=O)(=O)NC2CCSC2=O)cc1. The van der Waals surface area contributed by atoms with Crippen LogP contribution in [0.5, 0.6) is 0 Å². The fourth-order valence-electron chi connectivity index (χ4n) is 1.98. The van der Waals surface area contributed by atoms with Gasteiger partial charge in [0.15, 0.2) is 0 Å². The first kappa shape index (κ1) is 14.6. The molecule has 0 amide bonds. The van der Waals surface area contributed by atoms with Gasteiger partial charge in [-0.3, -0.25) is 4.79 Å². The number of thioether (sulfide) groups is 1. The Labute approximate surface area is 118 Å². The highest BCUT2D eigenvalue weighted by Gasteiger charge is 2.30. The second-order valence-corrected chi connectivity index (χ2v) is 7.34. The monoisotopic (exact) mass is 299 g/mol. The lowest BCUT2D eigenvalue weighted by molar-refractivity contribution is -0.111. The topological polar surface area (TPSA) is 63.2 Å². The molecular weight excluding hydrogens is 282 g/mol. The van der Waals surface area contributed by atoms with Crippen LogP contribution in [0.4, 0.5) is 0 Å². The first-order chi connectivity index (χ1) is 9.03. The molecule has 0 saturated carbocycles. The quantitative estimate of drug-likeness (QED) is 0.902. The minimum Gasteiger partial charge on any atom is -0.285 e. The van der Waals surface area contributed by atoms with E-state index in [0.717, 1.165) is 18.4 Å². The van der Waals surface area contributed by atoms with Gasteiger partial charge in [0.1, 0.15) is 0 Å². The van der Waals surface area contributed by atoms with Gasteiger partial charge in [0, 0.05) is 5.75 Å². The van der Waals surface area contributed by atoms with Crippen molar-refractivity contribution >= 4 is 26.9 Å². The van der Waals surface area contributed by atoms with Gasteiger partial charge in [0.05, 0.1) is 10.9 Å². The highest BCUT2D eigenvalue weighted by molar-refractivity contribution is 8.14. The molecule has 1 N–H and O–H groups in total. The van der Waals surface area contributed by atoms with E-state index in [2.05, 4.69) is 11.6 Å². The predicted octanol–water partition coefficient (Wildman–Crippen LogP) is 1.95. The Morgan fingerprint density at radius 2 is 2.00 bits per heavy atom. The molecule has 1 aliphatic heterocycles. The average molecular weight is 299 g/mol. The summed E-state index contributed by atoms with van der Waals surface area (Å²) in [4.78, 5) is 11.7. The first-order valence-corrected chi connectivity index (χ1v) is 8.77. The summed E-state index contributed by atoms with van der Waals surface area (Å²) in [5.41, 5.74) is 1.12. The lowest BCUT2D eigenvalue weighted by atomic mass is 10.1. The molecule has 4 nitrogen and oxygen atoms in total. The summed E-state index contributed by atoms with van der Waals surface area (Å²) in [6.45, 7) is 2.08. The molecule has 0 aliphatic carbocycles. The van der Waals surface area contributed by atoms with Crippen molar-refractivity contribution in [3.63, 3.8) is 0 Å². The summed E-state index contributed by atoms with van der Waals surface area (Å²) in [5, 5.41) is -0.0915. The number of carbonyl (C=O) groups excluding carboxylic acids is 1. The van der Waals surface area contributed by atoms with E-state index in [1.165, 1.54) is 11.8 Å². The van der Waals surface area contributed by atoms with Crippen molar-refractivity contribution in [2.45, 2.75) is 37.1 Å². The number of sulfonamides is 1. The van der Waals surface area contributed by atoms with Crippen LogP contribution >= 0.6 is 11.8 Å². The molecule has 0 aromatic heterocycles. The zero-order valence-electron chi connectivity index (χ0n) is 10.8. The summed E-state index contributed by atoms with van der Waals surface area (Å²) in [6, 6.07) is 6.26. The molecule has 1 saturated heterocycles. The first-order valence-electron chi connectivity index (χ1n) is 6.31. The standard InChI is InChI=1S/C13H17NO3S2/c1-2-3-10-4-6-11(7-5-10)19(16,17)14-12-8-9-18-13(12)15/h4-7,12,14H,2-3,8-9H2,1H3. The number of carbonyl (C=O) groups is 1. The fourth-order valence-corrected chi connectivity index (χ4v) is 4.22. The van der Waals surface area contributed by atoms with Crippen molar-refractivity contribution < 1.29 is 13.2 Å². The van der Waals surface area contributed by atoms with Crippen LogP contribution in [0.15, 0.2) is 29.2 Å². The maximum absolute atomic E-state index is 12.1. The van der Waals surface area contributed by atoms with E-state index in [1.54, 1.807) is 12.1 Å². The second-order valence-electron chi connectivity index (χ2n) is 4.52. The van der Waals surface area contributed by atoms with E-state index in [0.29, 0.717) is 12.2 Å². The van der Waals surface area contributed by atoms with Gasteiger partial charge < -0.3 is 0 Å². The summed E-state index contributed by atoms with van der Waals surface area (Å²) >= 11 is 1.18. The number of rotatable bonds is 5. The van der Waals surface area contributed by atoms with Gasteiger partial charge >= 0.3 is 0 Å². The molecule has 2 rings (SSSR count). The van der Waals surface area contributed by atoms with Crippen LogP contribution in [-0.4, -0.2) is 25.3 Å². The van der Waals surface area contributed by atoms with Crippen molar-refractivity contribution in [1.82, 2.24) is 4.72 Å². The molecule has 19 heavy (non-hydrogen) atoms. The minimum absolute atomic E-state index is 0.0915. The molecule has 0 bridgehead atoms. The van der Waals surface area contributed by atoms with E-state index < -0.39 is 16.1 Å². The van der Waals surface area contributed by atoms with E-state index in [9.17, 15) is 13.2 Å². The zero-order chi connectivity index (χ0) is 13.9. The maximum atomic E-state index is 12.1. The molecule has 1 aliphatic rings. The van der Waals surface area contributed by atoms with Crippen molar-refractivity contribution in [3.8, 4) is 0 Å². The van der Waals surface area contributed by atoms with Crippen molar-refractivity contribution in [3.05, 3.63) is 29.8 Å². The van der Waals surface area contributed by atoms with Crippen molar-refractivity contribution in [1.29, 1.82) is 0 Å². The van der Waals surface area contributed by atoms with Gasteiger partial charge in [0.25, 0.3) is 0 Å². The molecular formula is C13H17NO3S2. The van der Waals surface area contributed by atoms with Gasteiger partial charge in [-0.2, -0.15) is 4.72 Å². The highest BCUT2D eigenvalue weighted by Crippen LogP contribution is 2.21. The second kappa shape index (κ2) is 6.07. The zero-order valence-corrected chi connectivity index (χ0v) is 12.4. The highest BCUT2D eigenvalue weighted by atomic mass is 32.2. The number of aryl methyl sites for hydroxylation is 1. The Balaban J connectivity index is 2.12. The fraction of sp³-hybridized carbons (Fsp3) is 0.462. The van der Waals surface area contributed by atoms with Crippen molar-refractivity contribution in [2.24, 2.45) is 0 Å². The van der Waals surface area contributed by atoms with Gasteiger partial charge in [-0.1, -0.05) is 37.2 Å². The van der Waals surface area contributed by atoms with Crippen molar-refractivity contribution in [2.75, 3.05) is 5.75 Å². The van der Waals surface area contributed by atoms with Gasteiger partial charge in [0.2, 0.25) is 15.1 Å². The van der Waals surface area contributed by atoms with Crippen LogP contribution in [-0.2, 0) is 21.2 Å². The molecule has 104 valence electrons. The Kier molecular flexibility index (Phi) is 4.65. The Morgan fingerprint density at radius 1 is 1.32 bits per heavy atom. The Morgan fingerprint density at radius 3 is 2.53 bits per heavy atom. The largest absolute Gasteiger partial charge is 0.285 e. The third kappa shape index (κ3) is 3.58. The van der Waals surface area contributed by atoms with Gasteiger partial charge in [-0.05, 0) is 30.5 Å². The van der Waals surface area contributed by atoms with Crippen LogP contribution in [0, 0.1) is 0 Å². The minimum atomic E-state index is -3.59. The third-order valence-electron chi connectivity index (χ3n) is 3.01. The number of hydrogen-bond donors (Lipinski definition) is 1. The lowest BCUT2D eigenvalue weighted by Gasteiger charge is -2.11. The lowest BCUT2D eigenvalue weighted by Crippen LogP contribution is -2.37. The molecule has 1 fully saturated rings. The Hall–Kier alpha value is -0.850. The van der Waals surface area contributed by atoms with Crippen LogP contribution in [0.3, 0.4) is 0 Å². The van der Waals surface area contributed by atoms with E-state index in [1.807, 2.05) is 12.1 Å². The molecule has 1 aromatic carbocycles. The number of nitrogens with one attached hydrogen (secondary N) is 1.